The van der Waals surface area contributed by atoms with E-state index in [-0.39, 0.29) is 12.6 Å². The zero-order valence-corrected chi connectivity index (χ0v) is 11.2. The molecule has 7 heteroatoms. The number of hydrogen-bond donors (Lipinski definition) is 1. The van der Waals surface area contributed by atoms with Crippen molar-refractivity contribution in [2.75, 3.05) is 19.8 Å². The Labute approximate surface area is 108 Å². The van der Waals surface area contributed by atoms with Gasteiger partial charge in [-0.05, 0) is 13.5 Å². The summed E-state index contributed by atoms with van der Waals surface area (Å²) in [6.07, 6.45) is -3.69. The SMILES string of the molecule is CCNC(COCC(F)(F)F)Cc1csc(C)n1. The van der Waals surface area contributed by atoms with E-state index >= 15 is 0 Å². The van der Waals surface area contributed by atoms with Crippen LogP contribution in [0.25, 0.3) is 0 Å². The number of hydrogen-bond acceptors (Lipinski definition) is 4. The maximum atomic E-state index is 12.0. The number of thiazole rings is 1. The van der Waals surface area contributed by atoms with Gasteiger partial charge in [0.25, 0.3) is 0 Å². The minimum Gasteiger partial charge on any atom is -0.370 e. The summed E-state index contributed by atoms with van der Waals surface area (Å²) in [7, 11) is 0. The number of nitrogens with one attached hydrogen (secondary N) is 1. The van der Waals surface area contributed by atoms with Crippen molar-refractivity contribution in [1.82, 2.24) is 10.3 Å². The molecule has 0 saturated heterocycles. The molecule has 1 unspecified atom stereocenters. The van der Waals surface area contributed by atoms with E-state index in [9.17, 15) is 13.2 Å². The second-order valence-corrected chi connectivity index (χ2v) is 5.01. The Bertz CT molecular complexity index is 354. The predicted octanol–water partition coefficient (Wildman–Crippen LogP) is 2.55. The lowest BCUT2D eigenvalue weighted by Crippen LogP contribution is -2.36. The van der Waals surface area contributed by atoms with Gasteiger partial charge in [-0.1, -0.05) is 6.92 Å². The first kappa shape index (κ1) is 15.4. The van der Waals surface area contributed by atoms with Gasteiger partial charge in [0.05, 0.1) is 17.3 Å². The van der Waals surface area contributed by atoms with Gasteiger partial charge in [0, 0.05) is 17.8 Å². The molecule has 1 aromatic rings. The van der Waals surface area contributed by atoms with Gasteiger partial charge in [0.1, 0.15) is 6.61 Å². The zero-order chi connectivity index (χ0) is 13.6. The van der Waals surface area contributed by atoms with E-state index < -0.39 is 12.8 Å². The van der Waals surface area contributed by atoms with Crippen LogP contribution in [0.1, 0.15) is 17.6 Å². The average molecular weight is 282 g/mol. The summed E-state index contributed by atoms with van der Waals surface area (Å²) in [4.78, 5) is 4.29. The van der Waals surface area contributed by atoms with Crippen LogP contribution in [-0.4, -0.2) is 37.0 Å². The Morgan fingerprint density at radius 2 is 2.22 bits per heavy atom. The Hall–Kier alpha value is -0.660. The predicted molar refractivity (Wildman–Crippen MR) is 64.9 cm³/mol. The summed E-state index contributed by atoms with van der Waals surface area (Å²) in [5, 5.41) is 5.97. The summed E-state index contributed by atoms with van der Waals surface area (Å²) in [6.45, 7) is 3.32. The fraction of sp³-hybridized carbons (Fsp3) is 0.727. The highest BCUT2D eigenvalue weighted by Gasteiger charge is 2.27. The summed E-state index contributed by atoms with van der Waals surface area (Å²) in [5.74, 6) is 0. The lowest BCUT2D eigenvalue weighted by molar-refractivity contribution is -0.175. The maximum Gasteiger partial charge on any atom is 0.411 e. The second kappa shape index (κ2) is 7.06. The number of nitrogens with zero attached hydrogens (tertiary/aromatic N) is 1. The van der Waals surface area contributed by atoms with Crippen molar-refractivity contribution < 1.29 is 17.9 Å². The van der Waals surface area contributed by atoms with Crippen LogP contribution in [0.3, 0.4) is 0 Å². The fourth-order valence-electron chi connectivity index (χ4n) is 1.55. The molecule has 1 rings (SSSR count). The molecule has 104 valence electrons. The van der Waals surface area contributed by atoms with Crippen LogP contribution in [-0.2, 0) is 11.2 Å². The number of likely N-dealkylation sites (N-methyl/N-ethyl adjacent to an activating group) is 1. The molecule has 0 radical (unpaired) electrons. The third-order valence-electron chi connectivity index (χ3n) is 2.20. The Kier molecular flexibility index (Phi) is 6.04. The highest BCUT2D eigenvalue weighted by molar-refractivity contribution is 7.09. The van der Waals surface area contributed by atoms with Crippen molar-refractivity contribution in [3.8, 4) is 0 Å². The molecular formula is C11H17F3N2OS. The van der Waals surface area contributed by atoms with Crippen LogP contribution in [0.15, 0.2) is 5.38 Å². The van der Waals surface area contributed by atoms with Crippen LogP contribution >= 0.6 is 11.3 Å². The van der Waals surface area contributed by atoms with Gasteiger partial charge in [-0.2, -0.15) is 13.2 Å². The van der Waals surface area contributed by atoms with Crippen molar-refractivity contribution in [2.24, 2.45) is 0 Å². The third-order valence-corrected chi connectivity index (χ3v) is 3.02. The molecule has 1 N–H and O–H groups in total. The molecule has 0 saturated carbocycles. The minimum absolute atomic E-state index is 0.0317. The number of rotatable bonds is 7. The smallest absolute Gasteiger partial charge is 0.370 e. The van der Waals surface area contributed by atoms with Gasteiger partial charge < -0.3 is 10.1 Å². The van der Waals surface area contributed by atoms with E-state index in [0.29, 0.717) is 13.0 Å². The number of alkyl halides is 3. The van der Waals surface area contributed by atoms with Gasteiger partial charge in [-0.3, -0.25) is 0 Å². The second-order valence-electron chi connectivity index (χ2n) is 3.95. The standard InChI is InChI=1S/C11H17F3N2OS/c1-3-15-9(5-17-7-11(12,13)14)4-10-6-18-8(2)16-10/h6,9,15H,3-5,7H2,1-2H3. The van der Waals surface area contributed by atoms with Crippen LogP contribution in [0.2, 0.25) is 0 Å². The maximum absolute atomic E-state index is 12.0. The first-order valence-electron chi connectivity index (χ1n) is 5.69. The molecule has 1 aromatic heterocycles. The molecule has 18 heavy (non-hydrogen) atoms. The third kappa shape index (κ3) is 6.32. The molecule has 0 spiro atoms. The molecule has 0 aromatic carbocycles. The fourth-order valence-corrected chi connectivity index (χ4v) is 2.18. The van der Waals surface area contributed by atoms with Gasteiger partial charge >= 0.3 is 6.18 Å². The molecule has 0 aliphatic carbocycles. The summed E-state index contributed by atoms with van der Waals surface area (Å²) >= 11 is 1.53. The van der Waals surface area contributed by atoms with Crippen molar-refractivity contribution in [2.45, 2.75) is 32.5 Å². The van der Waals surface area contributed by atoms with Gasteiger partial charge in [0.2, 0.25) is 0 Å². The minimum atomic E-state index is -4.27. The van der Waals surface area contributed by atoms with E-state index in [4.69, 9.17) is 0 Å². The largest absolute Gasteiger partial charge is 0.411 e. The quantitative estimate of drug-likeness (QED) is 0.834. The molecule has 0 aliphatic heterocycles. The molecule has 0 fully saturated rings. The summed E-state index contributed by atoms with van der Waals surface area (Å²) in [6, 6.07) is -0.140. The summed E-state index contributed by atoms with van der Waals surface area (Å²) < 4.78 is 40.6. The Morgan fingerprint density at radius 1 is 1.50 bits per heavy atom. The van der Waals surface area contributed by atoms with E-state index in [2.05, 4.69) is 15.0 Å². The Morgan fingerprint density at radius 3 is 2.72 bits per heavy atom. The lowest BCUT2D eigenvalue weighted by atomic mass is 10.2. The van der Waals surface area contributed by atoms with Crippen molar-refractivity contribution >= 4 is 11.3 Å². The average Bonchev–Trinajstić information content (AvgIpc) is 2.62. The molecule has 1 atom stereocenters. The van der Waals surface area contributed by atoms with E-state index in [1.807, 2.05) is 19.2 Å². The monoisotopic (exact) mass is 282 g/mol. The van der Waals surface area contributed by atoms with E-state index in [1.54, 1.807) is 0 Å². The highest BCUT2D eigenvalue weighted by atomic mass is 32.1. The number of aryl methyl sites for hydroxylation is 1. The number of ether oxygens (including phenoxy) is 1. The van der Waals surface area contributed by atoms with Gasteiger partial charge in [-0.25, -0.2) is 4.98 Å². The highest BCUT2D eigenvalue weighted by Crippen LogP contribution is 2.15. The van der Waals surface area contributed by atoms with Crippen molar-refractivity contribution in [3.63, 3.8) is 0 Å². The molecule has 1 heterocycles. The summed E-state index contributed by atoms with van der Waals surface area (Å²) in [5.41, 5.74) is 0.888. The molecular weight excluding hydrogens is 265 g/mol. The Balaban J connectivity index is 2.40. The lowest BCUT2D eigenvalue weighted by Gasteiger charge is -2.17. The molecule has 0 bridgehead atoms. The van der Waals surface area contributed by atoms with E-state index in [1.165, 1.54) is 11.3 Å². The first-order valence-corrected chi connectivity index (χ1v) is 6.57. The van der Waals surface area contributed by atoms with E-state index in [0.717, 1.165) is 10.7 Å². The van der Waals surface area contributed by atoms with Crippen LogP contribution in [0.4, 0.5) is 13.2 Å². The van der Waals surface area contributed by atoms with Crippen LogP contribution in [0.5, 0.6) is 0 Å². The first-order chi connectivity index (χ1) is 8.40. The number of halogens is 3. The number of aromatic nitrogens is 1. The molecule has 3 nitrogen and oxygen atoms in total. The normalized spacial score (nSPS) is 13.8. The molecule has 0 amide bonds. The molecule has 0 aliphatic rings. The zero-order valence-electron chi connectivity index (χ0n) is 10.4. The van der Waals surface area contributed by atoms with Crippen molar-refractivity contribution in [1.29, 1.82) is 0 Å². The van der Waals surface area contributed by atoms with Gasteiger partial charge in [-0.15, -0.1) is 11.3 Å². The van der Waals surface area contributed by atoms with Crippen LogP contribution < -0.4 is 5.32 Å². The van der Waals surface area contributed by atoms with Crippen molar-refractivity contribution in [3.05, 3.63) is 16.1 Å². The topological polar surface area (TPSA) is 34.1 Å². The van der Waals surface area contributed by atoms with Gasteiger partial charge in [0.15, 0.2) is 0 Å². The van der Waals surface area contributed by atoms with Crippen LogP contribution in [0, 0.1) is 6.92 Å².